The lowest BCUT2D eigenvalue weighted by atomic mass is 10.4. The molecule has 0 atom stereocenters. The van der Waals surface area contributed by atoms with E-state index in [0.717, 1.165) is 18.8 Å². The molecule has 0 rings (SSSR count). The monoisotopic (exact) mass is 158 g/mol. The number of carbonyl (C=O) groups is 2. The molecule has 1 N–H and O–H groups in total. The molecule has 0 unspecified atom stereocenters. The highest BCUT2D eigenvalue weighted by Gasteiger charge is 2.04. The number of hydrogen-bond donors (Lipinski definition) is 1. The van der Waals surface area contributed by atoms with Crippen molar-refractivity contribution >= 4 is 11.8 Å². The topological polar surface area (TPSA) is 63.6 Å². The highest BCUT2D eigenvalue weighted by Crippen LogP contribution is 1.83. The van der Waals surface area contributed by atoms with Crippen molar-refractivity contribution in [3.8, 4) is 0 Å². The molecule has 0 radical (unpaired) electrons. The van der Waals surface area contributed by atoms with Gasteiger partial charge in [-0.25, -0.2) is 4.79 Å². The minimum atomic E-state index is -1.47. The zero-order valence-corrected chi connectivity index (χ0v) is 6.24. The van der Waals surface area contributed by atoms with E-state index in [1.165, 1.54) is 0 Å². The molecule has 0 aliphatic rings. The number of carbonyl (C=O) groups excluding carboxylic acids is 1. The van der Waals surface area contributed by atoms with Crippen LogP contribution < -0.4 is 0 Å². The number of hydrogen-bond acceptors (Lipinski definition) is 3. The van der Waals surface area contributed by atoms with Crippen LogP contribution in [0.3, 0.4) is 0 Å². The Bertz CT molecular complexity index is 171. The molecule has 0 heterocycles. The lowest BCUT2D eigenvalue weighted by Crippen LogP contribution is -2.08. The maximum absolute atomic E-state index is 10.3. The van der Waals surface area contributed by atoms with E-state index in [1.54, 1.807) is 0 Å². The number of ketones is 1. The number of ether oxygens (including phenoxy) is 1. The average molecular weight is 158 g/mol. The predicted octanol–water partition coefficient (Wildman–Crippen LogP) is 0.580. The molecule has 4 heteroatoms. The van der Waals surface area contributed by atoms with Crippen LogP contribution >= 0.6 is 0 Å². The van der Waals surface area contributed by atoms with Gasteiger partial charge in [0.15, 0.2) is 0 Å². The van der Waals surface area contributed by atoms with E-state index in [4.69, 9.17) is 9.84 Å². The standard InChI is InChI=1S/C7H10O4/c1-2-4-11-5-3-6(8)7(9)10/h3,5H,2,4H2,1H3,(H,9,10). The van der Waals surface area contributed by atoms with Gasteiger partial charge in [-0.05, 0) is 6.42 Å². The minimum Gasteiger partial charge on any atom is -0.501 e. The van der Waals surface area contributed by atoms with Crippen molar-refractivity contribution in [1.29, 1.82) is 0 Å². The Labute approximate surface area is 64.5 Å². The first-order valence-corrected chi connectivity index (χ1v) is 3.24. The molecule has 0 amide bonds. The van der Waals surface area contributed by atoms with E-state index in [0.29, 0.717) is 6.61 Å². The Balaban J connectivity index is 3.57. The fraction of sp³-hybridized carbons (Fsp3) is 0.429. The second kappa shape index (κ2) is 5.46. The van der Waals surface area contributed by atoms with Crippen molar-refractivity contribution in [2.75, 3.05) is 6.61 Å². The molecule has 0 saturated carbocycles. The fourth-order valence-corrected chi connectivity index (χ4v) is 0.367. The number of carboxylic acids is 1. The van der Waals surface area contributed by atoms with Gasteiger partial charge in [0.2, 0.25) is 0 Å². The summed E-state index contributed by atoms with van der Waals surface area (Å²) in [6.07, 6.45) is 2.81. The largest absolute Gasteiger partial charge is 0.501 e. The van der Waals surface area contributed by atoms with E-state index in [1.807, 2.05) is 6.92 Å². The van der Waals surface area contributed by atoms with Crippen molar-refractivity contribution in [3.63, 3.8) is 0 Å². The summed E-state index contributed by atoms with van der Waals surface area (Å²) in [4.78, 5) is 20.2. The Morgan fingerprint density at radius 1 is 1.55 bits per heavy atom. The lowest BCUT2D eigenvalue weighted by Gasteiger charge is -1.93. The van der Waals surface area contributed by atoms with Crippen LogP contribution in [0.25, 0.3) is 0 Å². The summed E-state index contributed by atoms with van der Waals surface area (Å²) in [5, 5.41) is 8.08. The predicted molar refractivity (Wildman–Crippen MR) is 38.0 cm³/mol. The normalized spacial score (nSPS) is 9.91. The highest BCUT2D eigenvalue weighted by atomic mass is 16.5. The molecule has 0 aromatic carbocycles. The first-order chi connectivity index (χ1) is 5.18. The van der Waals surface area contributed by atoms with Gasteiger partial charge in [-0.15, -0.1) is 0 Å². The first kappa shape index (κ1) is 9.68. The second-order valence-electron chi connectivity index (χ2n) is 1.84. The van der Waals surface area contributed by atoms with Gasteiger partial charge in [0, 0.05) is 6.08 Å². The molecule has 0 aromatic heterocycles. The van der Waals surface area contributed by atoms with Crippen molar-refractivity contribution in [2.45, 2.75) is 13.3 Å². The van der Waals surface area contributed by atoms with Crippen molar-refractivity contribution in [1.82, 2.24) is 0 Å². The zero-order valence-electron chi connectivity index (χ0n) is 6.24. The Morgan fingerprint density at radius 3 is 2.64 bits per heavy atom. The summed E-state index contributed by atoms with van der Waals surface area (Å²) >= 11 is 0. The first-order valence-electron chi connectivity index (χ1n) is 3.24. The van der Waals surface area contributed by atoms with Crippen LogP contribution in [0.1, 0.15) is 13.3 Å². The van der Waals surface area contributed by atoms with E-state index in [2.05, 4.69) is 0 Å². The van der Waals surface area contributed by atoms with E-state index < -0.39 is 11.8 Å². The van der Waals surface area contributed by atoms with Crippen LogP contribution in [0.2, 0.25) is 0 Å². The summed E-state index contributed by atoms with van der Waals surface area (Å²) in [5.41, 5.74) is 0. The molecule has 0 bridgehead atoms. The van der Waals surface area contributed by atoms with Crippen molar-refractivity contribution in [3.05, 3.63) is 12.3 Å². The van der Waals surface area contributed by atoms with Crippen LogP contribution in [0.15, 0.2) is 12.3 Å². The number of carboxylic acid groups (broad SMARTS) is 1. The van der Waals surface area contributed by atoms with Gasteiger partial charge < -0.3 is 9.84 Å². The Kier molecular flexibility index (Phi) is 4.81. The van der Waals surface area contributed by atoms with Crippen LogP contribution in [0, 0.1) is 0 Å². The third kappa shape index (κ3) is 5.14. The maximum atomic E-state index is 10.3. The Hall–Kier alpha value is -1.32. The van der Waals surface area contributed by atoms with Gasteiger partial charge in [-0.2, -0.15) is 0 Å². The molecule has 0 saturated heterocycles. The van der Waals surface area contributed by atoms with Crippen molar-refractivity contribution in [2.24, 2.45) is 0 Å². The fourth-order valence-electron chi connectivity index (χ4n) is 0.367. The van der Waals surface area contributed by atoms with Crippen LogP contribution in [0.5, 0.6) is 0 Å². The average Bonchev–Trinajstić information content (AvgIpc) is 1.97. The number of rotatable bonds is 5. The molecule has 62 valence electrons. The van der Waals surface area contributed by atoms with E-state index in [-0.39, 0.29) is 0 Å². The molecular weight excluding hydrogens is 148 g/mol. The van der Waals surface area contributed by atoms with Crippen LogP contribution in [0.4, 0.5) is 0 Å². The summed E-state index contributed by atoms with van der Waals surface area (Å²) < 4.78 is 4.74. The molecular formula is C7H10O4. The third-order valence-corrected chi connectivity index (χ3v) is 0.848. The maximum Gasteiger partial charge on any atom is 0.376 e. The molecule has 11 heavy (non-hydrogen) atoms. The molecule has 0 aliphatic carbocycles. The Morgan fingerprint density at radius 2 is 2.18 bits per heavy atom. The molecule has 0 aliphatic heterocycles. The van der Waals surface area contributed by atoms with Gasteiger partial charge in [0.1, 0.15) is 0 Å². The van der Waals surface area contributed by atoms with Gasteiger partial charge >= 0.3 is 5.97 Å². The minimum absolute atomic E-state index is 0.489. The highest BCUT2D eigenvalue weighted by molar-refractivity contribution is 6.37. The third-order valence-electron chi connectivity index (χ3n) is 0.848. The summed E-state index contributed by atoms with van der Waals surface area (Å²) in [6.45, 7) is 2.40. The van der Waals surface area contributed by atoms with Gasteiger partial charge in [-0.3, -0.25) is 4.79 Å². The zero-order chi connectivity index (χ0) is 8.69. The van der Waals surface area contributed by atoms with E-state index >= 15 is 0 Å². The summed E-state index contributed by atoms with van der Waals surface area (Å²) in [7, 11) is 0. The van der Waals surface area contributed by atoms with Gasteiger partial charge in [0.05, 0.1) is 12.9 Å². The SMILES string of the molecule is CCCOC=CC(=O)C(=O)O. The van der Waals surface area contributed by atoms with Crippen LogP contribution in [-0.2, 0) is 14.3 Å². The van der Waals surface area contributed by atoms with E-state index in [9.17, 15) is 9.59 Å². The molecule has 0 spiro atoms. The smallest absolute Gasteiger partial charge is 0.376 e. The molecule has 0 aromatic rings. The van der Waals surface area contributed by atoms with Crippen molar-refractivity contribution < 1.29 is 19.4 Å². The second-order valence-corrected chi connectivity index (χ2v) is 1.84. The molecule has 0 fully saturated rings. The lowest BCUT2D eigenvalue weighted by molar-refractivity contribution is -0.146. The summed E-state index contributed by atoms with van der Waals surface area (Å²) in [6, 6.07) is 0. The quantitative estimate of drug-likeness (QED) is 0.275. The molecule has 4 nitrogen and oxygen atoms in total. The number of aliphatic carboxylic acids is 1. The van der Waals surface area contributed by atoms with Gasteiger partial charge in [-0.1, -0.05) is 6.92 Å². The van der Waals surface area contributed by atoms with Gasteiger partial charge in [0.25, 0.3) is 5.78 Å². The van der Waals surface area contributed by atoms with Crippen LogP contribution in [-0.4, -0.2) is 23.5 Å². The summed E-state index contributed by atoms with van der Waals surface area (Å²) in [5.74, 6) is -2.44.